The predicted molar refractivity (Wildman–Crippen MR) is 101 cm³/mol. The number of aryl methyl sites for hydroxylation is 1. The van der Waals surface area contributed by atoms with Crippen LogP contribution in [0.15, 0.2) is 24.3 Å². The van der Waals surface area contributed by atoms with Gasteiger partial charge in [0.15, 0.2) is 0 Å². The van der Waals surface area contributed by atoms with E-state index < -0.39 is 11.8 Å². The fourth-order valence-corrected chi connectivity index (χ4v) is 3.98. The first-order valence-corrected chi connectivity index (χ1v) is 9.79. The van der Waals surface area contributed by atoms with Gasteiger partial charge in [0.1, 0.15) is 11.8 Å². The lowest BCUT2D eigenvalue weighted by Crippen LogP contribution is -2.56. The number of nitrogens with one attached hydrogen (secondary N) is 1. The lowest BCUT2D eigenvalue weighted by molar-refractivity contribution is -0.127. The summed E-state index contributed by atoms with van der Waals surface area (Å²) in [6, 6.07) is 7.01. The number of hydrogen-bond donors (Lipinski definition) is 1. The summed E-state index contributed by atoms with van der Waals surface area (Å²) in [6.45, 7) is 7.15. The molecule has 0 aromatic heterocycles. The number of benzene rings is 1. The second-order valence-corrected chi connectivity index (χ2v) is 7.79. The summed E-state index contributed by atoms with van der Waals surface area (Å²) < 4.78 is 6.17. The zero-order chi connectivity index (χ0) is 18.7. The van der Waals surface area contributed by atoms with Gasteiger partial charge in [-0.25, -0.2) is 0 Å². The fourth-order valence-electron chi connectivity index (χ4n) is 3.98. The molecular formula is C21H30N2O3. The van der Waals surface area contributed by atoms with Gasteiger partial charge in [0.25, 0.3) is 5.91 Å². The third-order valence-electron chi connectivity index (χ3n) is 5.69. The molecule has 1 N–H and O–H groups in total. The van der Waals surface area contributed by atoms with Crippen molar-refractivity contribution in [2.75, 3.05) is 13.2 Å². The Labute approximate surface area is 156 Å². The number of carbonyl (C=O) groups excluding carboxylic acids is 2. The molecule has 2 fully saturated rings. The third kappa shape index (κ3) is 3.63. The minimum atomic E-state index is -0.636. The lowest BCUT2D eigenvalue weighted by Gasteiger charge is -2.43. The summed E-state index contributed by atoms with van der Waals surface area (Å²) in [5.41, 5.74) is 1.09. The number of nitrogens with zero attached hydrogens (tertiary/aromatic N) is 1. The Hall–Kier alpha value is -1.88. The van der Waals surface area contributed by atoms with E-state index in [1.807, 2.05) is 38.1 Å². The molecule has 5 heteroatoms. The van der Waals surface area contributed by atoms with Crippen LogP contribution >= 0.6 is 0 Å². The number of amides is 2. The highest BCUT2D eigenvalue weighted by molar-refractivity contribution is 5.98. The average Bonchev–Trinajstić information content (AvgIpc) is 3.01. The Kier molecular flexibility index (Phi) is 5.66. The van der Waals surface area contributed by atoms with Gasteiger partial charge in [0, 0.05) is 12.1 Å². The molecule has 1 aliphatic heterocycles. The van der Waals surface area contributed by atoms with Gasteiger partial charge in [0.05, 0.1) is 6.61 Å². The second kappa shape index (κ2) is 7.78. The van der Waals surface area contributed by atoms with E-state index in [2.05, 4.69) is 12.2 Å². The van der Waals surface area contributed by atoms with E-state index >= 15 is 0 Å². The van der Waals surface area contributed by atoms with Crippen LogP contribution in [0.1, 0.15) is 61.9 Å². The Bertz CT molecular complexity index is 648. The van der Waals surface area contributed by atoms with Gasteiger partial charge >= 0.3 is 0 Å². The van der Waals surface area contributed by atoms with Crippen molar-refractivity contribution >= 4 is 11.8 Å². The molecule has 142 valence electrons. The minimum absolute atomic E-state index is 0.103. The molecule has 26 heavy (non-hydrogen) atoms. The van der Waals surface area contributed by atoms with E-state index in [0.29, 0.717) is 18.0 Å². The standard InChI is InChI=1S/C21H30N2O3/c1-4-13-22-19(24)18-14-26-21(11-9-16(3)10-12-21)23(18)20(25)17-7-5-15(2)6-8-17/h5-8,16,18H,4,9-14H2,1-3H3,(H,22,24). The smallest absolute Gasteiger partial charge is 0.256 e. The normalized spacial score (nSPS) is 28.3. The molecule has 1 saturated carbocycles. The van der Waals surface area contributed by atoms with Crippen molar-refractivity contribution in [2.24, 2.45) is 5.92 Å². The fraction of sp³-hybridized carbons (Fsp3) is 0.619. The van der Waals surface area contributed by atoms with Crippen LogP contribution < -0.4 is 5.32 Å². The maximum atomic E-state index is 13.4. The average molecular weight is 358 g/mol. The van der Waals surface area contributed by atoms with E-state index in [0.717, 1.165) is 37.7 Å². The first-order valence-electron chi connectivity index (χ1n) is 9.79. The van der Waals surface area contributed by atoms with E-state index in [9.17, 15) is 9.59 Å². The largest absolute Gasteiger partial charge is 0.354 e. The van der Waals surface area contributed by atoms with E-state index in [1.165, 1.54) is 0 Å². The van der Waals surface area contributed by atoms with Crippen molar-refractivity contribution < 1.29 is 14.3 Å². The molecule has 1 aliphatic carbocycles. The first kappa shape index (κ1) is 18.9. The summed E-state index contributed by atoms with van der Waals surface area (Å²) in [4.78, 5) is 27.8. The molecule has 1 heterocycles. The van der Waals surface area contributed by atoms with Crippen molar-refractivity contribution in [3.8, 4) is 0 Å². The van der Waals surface area contributed by atoms with Gasteiger partial charge in [-0.15, -0.1) is 0 Å². The van der Waals surface area contributed by atoms with E-state index in [-0.39, 0.29) is 18.4 Å². The monoisotopic (exact) mass is 358 g/mol. The van der Waals surface area contributed by atoms with Crippen LogP contribution in [0.3, 0.4) is 0 Å². The quantitative estimate of drug-likeness (QED) is 0.899. The predicted octanol–water partition coefficient (Wildman–Crippen LogP) is 3.27. The summed E-state index contributed by atoms with van der Waals surface area (Å²) in [7, 11) is 0. The molecule has 5 nitrogen and oxygen atoms in total. The summed E-state index contributed by atoms with van der Waals surface area (Å²) >= 11 is 0. The van der Waals surface area contributed by atoms with Crippen molar-refractivity contribution in [3.05, 3.63) is 35.4 Å². The third-order valence-corrected chi connectivity index (χ3v) is 5.69. The highest BCUT2D eigenvalue weighted by atomic mass is 16.5. The molecule has 1 aromatic carbocycles. The van der Waals surface area contributed by atoms with Gasteiger partial charge in [0.2, 0.25) is 5.91 Å². The Morgan fingerprint density at radius 1 is 1.23 bits per heavy atom. The molecule has 1 unspecified atom stereocenters. The number of carbonyl (C=O) groups is 2. The van der Waals surface area contributed by atoms with Crippen molar-refractivity contribution in [1.29, 1.82) is 0 Å². The molecule has 0 bridgehead atoms. The van der Waals surface area contributed by atoms with Gasteiger partial charge in [-0.3, -0.25) is 14.5 Å². The van der Waals surface area contributed by atoms with Crippen molar-refractivity contribution in [3.63, 3.8) is 0 Å². The van der Waals surface area contributed by atoms with E-state index in [1.54, 1.807) is 4.90 Å². The molecule has 1 atom stereocenters. The molecule has 1 saturated heterocycles. The number of hydrogen-bond acceptors (Lipinski definition) is 3. The lowest BCUT2D eigenvalue weighted by atomic mass is 9.83. The SMILES string of the molecule is CCCNC(=O)C1COC2(CCC(C)CC2)N1C(=O)c1ccc(C)cc1. The molecule has 1 aromatic rings. The summed E-state index contributed by atoms with van der Waals surface area (Å²) in [5.74, 6) is 0.421. The Balaban J connectivity index is 1.90. The second-order valence-electron chi connectivity index (χ2n) is 7.79. The molecule has 0 radical (unpaired) electrons. The van der Waals surface area contributed by atoms with Crippen LogP contribution in [-0.4, -0.2) is 41.6 Å². The van der Waals surface area contributed by atoms with Gasteiger partial charge < -0.3 is 10.1 Å². The van der Waals surface area contributed by atoms with Crippen molar-refractivity contribution in [2.45, 2.75) is 64.6 Å². The minimum Gasteiger partial charge on any atom is -0.354 e. The topological polar surface area (TPSA) is 58.6 Å². The highest BCUT2D eigenvalue weighted by Crippen LogP contribution is 2.43. The van der Waals surface area contributed by atoms with Gasteiger partial charge in [-0.05, 0) is 57.1 Å². The van der Waals surface area contributed by atoms with E-state index in [4.69, 9.17) is 4.74 Å². The molecule has 1 spiro atoms. The van der Waals surface area contributed by atoms with Crippen LogP contribution in [0.4, 0.5) is 0 Å². The maximum absolute atomic E-state index is 13.4. The number of ether oxygens (including phenoxy) is 1. The zero-order valence-electron chi connectivity index (χ0n) is 16.1. The highest BCUT2D eigenvalue weighted by Gasteiger charge is 2.53. The van der Waals surface area contributed by atoms with Crippen molar-refractivity contribution in [1.82, 2.24) is 10.2 Å². The summed E-state index contributed by atoms with van der Waals surface area (Å²) in [5, 5.41) is 2.94. The van der Waals surface area contributed by atoms with Crippen LogP contribution in [0.2, 0.25) is 0 Å². The van der Waals surface area contributed by atoms with Crippen LogP contribution in [0.5, 0.6) is 0 Å². The molecule has 3 rings (SSSR count). The Morgan fingerprint density at radius 2 is 1.88 bits per heavy atom. The van der Waals surface area contributed by atoms with Gasteiger partial charge in [-0.1, -0.05) is 31.5 Å². The maximum Gasteiger partial charge on any atom is 0.256 e. The van der Waals surface area contributed by atoms with Gasteiger partial charge in [-0.2, -0.15) is 0 Å². The first-order chi connectivity index (χ1) is 12.5. The molecule has 2 aliphatic rings. The molecular weight excluding hydrogens is 328 g/mol. The number of rotatable bonds is 4. The van der Waals surface area contributed by atoms with Crippen LogP contribution in [0, 0.1) is 12.8 Å². The van der Waals surface area contributed by atoms with Crippen LogP contribution in [-0.2, 0) is 9.53 Å². The Morgan fingerprint density at radius 3 is 2.50 bits per heavy atom. The molecule has 2 amide bonds. The zero-order valence-corrected chi connectivity index (χ0v) is 16.1. The van der Waals surface area contributed by atoms with Crippen LogP contribution in [0.25, 0.3) is 0 Å². The summed E-state index contributed by atoms with van der Waals surface area (Å²) in [6.07, 6.45) is 4.49.